The van der Waals surface area contributed by atoms with Crippen LogP contribution in [0.3, 0.4) is 0 Å². The molecule has 17 heavy (non-hydrogen) atoms. The number of hydrogen-bond acceptors (Lipinski definition) is 3. The number of carboxylic acids is 1. The third-order valence-electron chi connectivity index (χ3n) is 2.77. The van der Waals surface area contributed by atoms with Gasteiger partial charge in [-0.3, -0.25) is 14.5 Å². The Hall–Kier alpha value is -1.36. The monoisotopic (exact) mass is 242 g/mol. The van der Waals surface area contributed by atoms with E-state index in [0.717, 1.165) is 6.42 Å². The summed E-state index contributed by atoms with van der Waals surface area (Å²) < 4.78 is 0. The topological polar surface area (TPSA) is 69.6 Å². The van der Waals surface area contributed by atoms with E-state index in [1.807, 2.05) is 13.8 Å². The van der Waals surface area contributed by atoms with E-state index >= 15 is 0 Å². The lowest BCUT2D eigenvalue weighted by Crippen LogP contribution is -2.50. The van der Waals surface area contributed by atoms with Crippen LogP contribution in [-0.4, -0.2) is 47.1 Å². The molecular weight excluding hydrogens is 220 g/mol. The highest BCUT2D eigenvalue weighted by atomic mass is 16.4. The van der Waals surface area contributed by atoms with Gasteiger partial charge in [-0.05, 0) is 20.3 Å². The number of amides is 1. The zero-order valence-corrected chi connectivity index (χ0v) is 10.8. The van der Waals surface area contributed by atoms with Crippen molar-refractivity contribution in [2.24, 2.45) is 0 Å². The summed E-state index contributed by atoms with van der Waals surface area (Å²) in [4.78, 5) is 24.2. The first-order chi connectivity index (χ1) is 7.93. The standard InChI is InChI=1S/C12H22N2O3/c1-5-7-13-12(17)10(4)14(8-11(15)16)9(3)6-2/h5,9-10H,1,6-8H2,2-4H3,(H,13,17)(H,15,16). The third kappa shape index (κ3) is 5.49. The van der Waals surface area contributed by atoms with Gasteiger partial charge in [0.1, 0.15) is 0 Å². The molecule has 5 heteroatoms. The fraction of sp³-hybridized carbons (Fsp3) is 0.667. The predicted molar refractivity (Wildman–Crippen MR) is 66.8 cm³/mol. The van der Waals surface area contributed by atoms with E-state index < -0.39 is 12.0 Å². The summed E-state index contributed by atoms with van der Waals surface area (Å²) >= 11 is 0. The second-order valence-corrected chi connectivity index (χ2v) is 4.03. The smallest absolute Gasteiger partial charge is 0.317 e. The maximum atomic E-state index is 11.8. The largest absolute Gasteiger partial charge is 0.480 e. The number of carbonyl (C=O) groups excluding carboxylic acids is 1. The fourth-order valence-corrected chi connectivity index (χ4v) is 1.54. The van der Waals surface area contributed by atoms with Crippen molar-refractivity contribution in [3.63, 3.8) is 0 Å². The number of aliphatic carboxylic acids is 1. The lowest BCUT2D eigenvalue weighted by molar-refractivity contribution is -0.140. The molecule has 0 saturated carbocycles. The zero-order valence-electron chi connectivity index (χ0n) is 10.8. The van der Waals surface area contributed by atoms with Crippen molar-refractivity contribution in [3.8, 4) is 0 Å². The molecule has 0 aromatic heterocycles. The number of nitrogens with one attached hydrogen (secondary N) is 1. The van der Waals surface area contributed by atoms with E-state index in [4.69, 9.17) is 5.11 Å². The van der Waals surface area contributed by atoms with Crippen molar-refractivity contribution >= 4 is 11.9 Å². The first kappa shape index (κ1) is 15.6. The molecule has 0 rings (SSSR count). The lowest BCUT2D eigenvalue weighted by Gasteiger charge is -2.31. The third-order valence-corrected chi connectivity index (χ3v) is 2.77. The van der Waals surface area contributed by atoms with Crippen LogP contribution in [0.5, 0.6) is 0 Å². The van der Waals surface area contributed by atoms with Gasteiger partial charge < -0.3 is 10.4 Å². The zero-order chi connectivity index (χ0) is 13.4. The van der Waals surface area contributed by atoms with Gasteiger partial charge in [-0.25, -0.2) is 0 Å². The molecule has 0 spiro atoms. The molecule has 5 nitrogen and oxygen atoms in total. The summed E-state index contributed by atoms with van der Waals surface area (Å²) in [5, 5.41) is 11.5. The normalized spacial score (nSPS) is 14.1. The number of hydrogen-bond donors (Lipinski definition) is 2. The Kier molecular flexibility index (Phi) is 7.21. The SMILES string of the molecule is C=CCNC(=O)C(C)N(CC(=O)O)C(C)CC. The summed E-state index contributed by atoms with van der Waals surface area (Å²) in [6.45, 7) is 9.38. The van der Waals surface area contributed by atoms with Gasteiger partial charge in [0.15, 0.2) is 0 Å². The van der Waals surface area contributed by atoms with Crippen LogP contribution in [0.4, 0.5) is 0 Å². The lowest BCUT2D eigenvalue weighted by atomic mass is 10.1. The molecule has 0 radical (unpaired) electrons. The predicted octanol–water partition coefficient (Wildman–Crippen LogP) is 0.862. The molecule has 98 valence electrons. The molecule has 0 aromatic carbocycles. The number of carbonyl (C=O) groups is 2. The van der Waals surface area contributed by atoms with Crippen LogP contribution in [-0.2, 0) is 9.59 Å². The Labute approximate surface area is 102 Å². The highest BCUT2D eigenvalue weighted by Gasteiger charge is 2.26. The van der Waals surface area contributed by atoms with Crippen LogP contribution in [0.1, 0.15) is 27.2 Å². The number of nitrogens with zero attached hydrogens (tertiary/aromatic N) is 1. The van der Waals surface area contributed by atoms with Crippen molar-refractivity contribution in [2.45, 2.75) is 39.3 Å². The van der Waals surface area contributed by atoms with Crippen LogP contribution in [0.25, 0.3) is 0 Å². The minimum atomic E-state index is -0.923. The molecule has 0 saturated heterocycles. The summed E-state index contributed by atoms with van der Waals surface area (Å²) in [6.07, 6.45) is 2.39. The summed E-state index contributed by atoms with van der Waals surface area (Å²) in [5.74, 6) is -1.10. The molecule has 0 aliphatic carbocycles. The summed E-state index contributed by atoms with van der Waals surface area (Å²) in [7, 11) is 0. The Bertz CT molecular complexity index is 279. The second-order valence-electron chi connectivity index (χ2n) is 4.03. The van der Waals surface area contributed by atoms with Crippen molar-refractivity contribution in [1.29, 1.82) is 0 Å². The van der Waals surface area contributed by atoms with Gasteiger partial charge in [-0.2, -0.15) is 0 Å². The van der Waals surface area contributed by atoms with Crippen molar-refractivity contribution < 1.29 is 14.7 Å². The van der Waals surface area contributed by atoms with Crippen LogP contribution in [0, 0.1) is 0 Å². The highest BCUT2D eigenvalue weighted by molar-refractivity contribution is 5.82. The fourth-order valence-electron chi connectivity index (χ4n) is 1.54. The molecule has 2 atom stereocenters. The van der Waals surface area contributed by atoms with Crippen molar-refractivity contribution in [2.75, 3.05) is 13.1 Å². The van der Waals surface area contributed by atoms with Gasteiger partial charge in [0.25, 0.3) is 0 Å². The molecule has 0 fully saturated rings. The Morgan fingerprint density at radius 3 is 2.47 bits per heavy atom. The van der Waals surface area contributed by atoms with Crippen LogP contribution in [0.15, 0.2) is 12.7 Å². The molecule has 1 amide bonds. The first-order valence-corrected chi connectivity index (χ1v) is 5.80. The van der Waals surface area contributed by atoms with Crippen LogP contribution >= 0.6 is 0 Å². The van der Waals surface area contributed by atoms with Gasteiger partial charge >= 0.3 is 5.97 Å². The van der Waals surface area contributed by atoms with Gasteiger partial charge in [-0.1, -0.05) is 13.0 Å². The van der Waals surface area contributed by atoms with Gasteiger partial charge in [0.2, 0.25) is 5.91 Å². The van der Waals surface area contributed by atoms with E-state index in [9.17, 15) is 9.59 Å². The molecule has 2 unspecified atom stereocenters. The van der Waals surface area contributed by atoms with E-state index in [0.29, 0.717) is 6.54 Å². The summed E-state index contributed by atoms with van der Waals surface area (Å²) in [6, 6.07) is -0.406. The first-order valence-electron chi connectivity index (χ1n) is 5.80. The maximum absolute atomic E-state index is 11.8. The maximum Gasteiger partial charge on any atom is 0.317 e. The van der Waals surface area contributed by atoms with Gasteiger partial charge in [0.05, 0.1) is 12.6 Å². The Morgan fingerprint density at radius 2 is 2.06 bits per heavy atom. The van der Waals surface area contributed by atoms with E-state index in [1.54, 1.807) is 17.9 Å². The van der Waals surface area contributed by atoms with E-state index in [2.05, 4.69) is 11.9 Å². The minimum Gasteiger partial charge on any atom is -0.480 e. The van der Waals surface area contributed by atoms with Crippen LogP contribution < -0.4 is 5.32 Å². The number of carboxylic acid groups (broad SMARTS) is 1. The molecule has 0 aromatic rings. The van der Waals surface area contributed by atoms with E-state index in [1.165, 1.54) is 0 Å². The van der Waals surface area contributed by atoms with Gasteiger partial charge in [-0.15, -0.1) is 6.58 Å². The average molecular weight is 242 g/mol. The van der Waals surface area contributed by atoms with Crippen molar-refractivity contribution in [1.82, 2.24) is 10.2 Å². The van der Waals surface area contributed by atoms with Crippen molar-refractivity contribution in [3.05, 3.63) is 12.7 Å². The minimum absolute atomic E-state index is 0.0515. The molecule has 0 aliphatic rings. The molecule has 0 bridgehead atoms. The Morgan fingerprint density at radius 1 is 1.47 bits per heavy atom. The van der Waals surface area contributed by atoms with E-state index in [-0.39, 0.29) is 18.5 Å². The molecule has 0 aliphatic heterocycles. The molecular formula is C12H22N2O3. The highest BCUT2D eigenvalue weighted by Crippen LogP contribution is 2.08. The molecule has 0 heterocycles. The Balaban J connectivity index is 4.60. The second kappa shape index (κ2) is 7.84. The summed E-state index contributed by atoms with van der Waals surface area (Å²) in [5.41, 5.74) is 0. The number of rotatable bonds is 8. The van der Waals surface area contributed by atoms with Gasteiger partial charge in [0, 0.05) is 12.6 Å². The van der Waals surface area contributed by atoms with Crippen LogP contribution in [0.2, 0.25) is 0 Å². The molecule has 2 N–H and O–H groups in total. The quantitative estimate of drug-likeness (QED) is 0.619. The average Bonchev–Trinajstić information content (AvgIpc) is 2.30.